The maximum absolute atomic E-state index is 3.90. The Balaban J connectivity index is 2.37. The maximum Gasteiger partial charge on any atom is 0.00696 e. The molecule has 0 radical (unpaired) electrons. The topological polar surface area (TPSA) is 12.0 Å². The number of hydrogen-bond donors (Lipinski definition) is 1. The van der Waals surface area contributed by atoms with Crippen LogP contribution in [-0.2, 0) is 0 Å². The normalized spacial score (nSPS) is 28.7. The second-order valence-electron chi connectivity index (χ2n) is 8.08. The van der Waals surface area contributed by atoms with E-state index in [9.17, 15) is 0 Å². The number of rotatable bonds is 5. The van der Waals surface area contributed by atoms with Crippen molar-refractivity contribution in [1.82, 2.24) is 5.32 Å². The van der Waals surface area contributed by atoms with Gasteiger partial charge >= 0.3 is 0 Å². The van der Waals surface area contributed by atoms with E-state index in [2.05, 4.69) is 46.9 Å². The molecule has 1 saturated carbocycles. The highest BCUT2D eigenvalue weighted by atomic mass is 14.9. The van der Waals surface area contributed by atoms with Gasteiger partial charge in [-0.1, -0.05) is 47.5 Å². The minimum Gasteiger partial charge on any atom is -0.311 e. The summed E-state index contributed by atoms with van der Waals surface area (Å²) in [6, 6.07) is 1.46. The molecular formula is C18H37N. The van der Waals surface area contributed by atoms with Crippen LogP contribution in [0.15, 0.2) is 0 Å². The number of hydrogen-bond acceptors (Lipinski definition) is 1. The lowest BCUT2D eigenvalue weighted by atomic mass is 9.76. The maximum atomic E-state index is 3.90. The van der Waals surface area contributed by atoms with Gasteiger partial charge in [-0.3, -0.25) is 0 Å². The monoisotopic (exact) mass is 267 g/mol. The summed E-state index contributed by atoms with van der Waals surface area (Å²) in [5.41, 5.74) is 0.497. The fourth-order valence-corrected chi connectivity index (χ4v) is 3.58. The lowest BCUT2D eigenvalue weighted by Crippen LogP contribution is -2.37. The van der Waals surface area contributed by atoms with Crippen LogP contribution in [0.1, 0.15) is 86.5 Å². The molecule has 19 heavy (non-hydrogen) atoms. The molecule has 1 aliphatic rings. The first-order valence-corrected chi connectivity index (χ1v) is 8.59. The Labute approximate surface area is 121 Å². The molecule has 1 rings (SSSR count). The standard InChI is InChI=1S/C18H37N/c1-7-14(2)13-15(3)19-17-10-8-9-16(11-12-17)18(4,5)6/h14-17,19H,7-13H2,1-6H3. The fraction of sp³-hybridized carbons (Fsp3) is 1.00. The van der Waals surface area contributed by atoms with Crippen LogP contribution in [0.25, 0.3) is 0 Å². The zero-order chi connectivity index (χ0) is 14.5. The molecule has 0 aromatic heterocycles. The summed E-state index contributed by atoms with van der Waals surface area (Å²) >= 11 is 0. The third-order valence-electron chi connectivity index (χ3n) is 5.17. The van der Waals surface area contributed by atoms with E-state index in [1.54, 1.807) is 0 Å². The molecule has 0 amide bonds. The number of nitrogens with one attached hydrogen (secondary N) is 1. The van der Waals surface area contributed by atoms with Gasteiger partial charge in [-0.15, -0.1) is 0 Å². The molecule has 0 bridgehead atoms. The van der Waals surface area contributed by atoms with Gasteiger partial charge in [0, 0.05) is 12.1 Å². The van der Waals surface area contributed by atoms with Gasteiger partial charge < -0.3 is 5.32 Å². The molecule has 0 aliphatic heterocycles. The Morgan fingerprint density at radius 2 is 1.74 bits per heavy atom. The van der Waals surface area contributed by atoms with Crippen LogP contribution in [0.5, 0.6) is 0 Å². The van der Waals surface area contributed by atoms with Crippen molar-refractivity contribution in [1.29, 1.82) is 0 Å². The average Bonchev–Trinajstić information content (AvgIpc) is 2.53. The summed E-state index contributed by atoms with van der Waals surface area (Å²) < 4.78 is 0. The van der Waals surface area contributed by atoms with Crippen molar-refractivity contribution in [2.75, 3.05) is 0 Å². The highest BCUT2D eigenvalue weighted by molar-refractivity contribution is 4.82. The molecule has 0 spiro atoms. The first-order chi connectivity index (χ1) is 8.82. The molecule has 114 valence electrons. The third-order valence-corrected chi connectivity index (χ3v) is 5.17. The first kappa shape index (κ1) is 17.0. The van der Waals surface area contributed by atoms with E-state index in [0.29, 0.717) is 11.5 Å². The van der Waals surface area contributed by atoms with E-state index in [1.165, 1.54) is 44.9 Å². The Morgan fingerprint density at radius 1 is 1.05 bits per heavy atom. The van der Waals surface area contributed by atoms with Gasteiger partial charge in [-0.25, -0.2) is 0 Å². The quantitative estimate of drug-likeness (QED) is 0.658. The van der Waals surface area contributed by atoms with Crippen molar-refractivity contribution < 1.29 is 0 Å². The third kappa shape index (κ3) is 6.29. The highest BCUT2D eigenvalue weighted by Gasteiger charge is 2.28. The van der Waals surface area contributed by atoms with Crippen LogP contribution < -0.4 is 5.32 Å². The van der Waals surface area contributed by atoms with E-state index in [0.717, 1.165) is 17.9 Å². The second-order valence-corrected chi connectivity index (χ2v) is 8.08. The molecule has 1 aliphatic carbocycles. The van der Waals surface area contributed by atoms with Gasteiger partial charge in [0.15, 0.2) is 0 Å². The lowest BCUT2D eigenvalue weighted by molar-refractivity contribution is 0.213. The van der Waals surface area contributed by atoms with Crippen LogP contribution in [0.3, 0.4) is 0 Å². The molecule has 0 aromatic carbocycles. The van der Waals surface area contributed by atoms with Crippen molar-refractivity contribution in [3.63, 3.8) is 0 Å². The van der Waals surface area contributed by atoms with Gasteiger partial charge in [0.2, 0.25) is 0 Å². The summed E-state index contributed by atoms with van der Waals surface area (Å²) in [6.45, 7) is 14.3. The minimum atomic E-state index is 0.497. The predicted octanol–water partition coefficient (Wildman–Crippen LogP) is 5.40. The Hall–Kier alpha value is -0.0400. The molecule has 4 atom stereocenters. The smallest absolute Gasteiger partial charge is 0.00696 e. The van der Waals surface area contributed by atoms with E-state index in [-0.39, 0.29) is 0 Å². The van der Waals surface area contributed by atoms with Gasteiger partial charge in [0.05, 0.1) is 0 Å². The Morgan fingerprint density at radius 3 is 2.32 bits per heavy atom. The van der Waals surface area contributed by atoms with E-state index in [4.69, 9.17) is 0 Å². The van der Waals surface area contributed by atoms with Crippen LogP contribution in [0, 0.1) is 17.3 Å². The van der Waals surface area contributed by atoms with Crippen LogP contribution in [-0.4, -0.2) is 12.1 Å². The highest BCUT2D eigenvalue weighted by Crippen LogP contribution is 2.36. The van der Waals surface area contributed by atoms with Crippen molar-refractivity contribution in [2.24, 2.45) is 17.3 Å². The minimum absolute atomic E-state index is 0.497. The van der Waals surface area contributed by atoms with Crippen LogP contribution in [0.2, 0.25) is 0 Å². The SMILES string of the molecule is CCC(C)CC(C)NC1CCCC(C(C)(C)C)CC1. The molecule has 0 aromatic rings. The van der Waals surface area contributed by atoms with Gasteiger partial charge in [0.25, 0.3) is 0 Å². The summed E-state index contributed by atoms with van der Waals surface area (Å²) in [5.74, 6) is 1.78. The summed E-state index contributed by atoms with van der Waals surface area (Å²) in [5, 5.41) is 3.90. The Kier molecular flexibility index (Phi) is 6.86. The molecule has 1 N–H and O–H groups in total. The fourth-order valence-electron chi connectivity index (χ4n) is 3.58. The molecule has 1 fully saturated rings. The van der Waals surface area contributed by atoms with Gasteiger partial charge in [0.1, 0.15) is 0 Å². The molecular weight excluding hydrogens is 230 g/mol. The molecule has 0 heterocycles. The lowest BCUT2D eigenvalue weighted by Gasteiger charge is -2.30. The van der Waals surface area contributed by atoms with Crippen molar-refractivity contribution in [2.45, 2.75) is 98.6 Å². The predicted molar refractivity (Wildman–Crippen MR) is 86.5 cm³/mol. The molecule has 1 heteroatoms. The van der Waals surface area contributed by atoms with E-state index in [1.807, 2.05) is 0 Å². The largest absolute Gasteiger partial charge is 0.311 e. The second kappa shape index (κ2) is 7.67. The zero-order valence-corrected chi connectivity index (χ0v) is 14.3. The van der Waals surface area contributed by atoms with Crippen LogP contribution >= 0.6 is 0 Å². The van der Waals surface area contributed by atoms with E-state index >= 15 is 0 Å². The van der Waals surface area contributed by atoms with E-state index < -0.39 is 0 Å². The van der Waals surface area contributed by atoms with Gasteiger partial charge in [-0.05, 0) is 56.3 Å². The van der Waals surface area contributed by atoms with Crippen molar-refractivity contribution in [3.05, 3.63) is 0 Å². The zero-order valence-electron chi connectivity index (χ0n) is 14.3. The first-order valence-electron chi connectivity index (χ1n) is 8.59. The van der Waals surface area contributed by atoms with Crippen LogP contribution in [0.4, 0.5) is 0 Å². The molecule has 4 unspecified atom stereocenters. The Bertz CT molecular complexity index is 241. The van der Waals surface area contributed by atoms with Gasteiger partial charge in [-0.2, -0.15) is 0 Å². The summed E-state index contributed by atoms with van der Waals surface area (Å²) in [6.07, 6.45) is 9.66. The molecule has 1 nitrogen and oxygen atoms in total. The average molecular weight is 268 g/mol. The summed E-state index contributed by atoms with van der Waals surface area (Å²) in [4.78, 5) is 0. The molecule has 0 saturated heterocycles. The summed E-state index contributed by atoms with van der Waals surface area (Å²) in [7, 11) is 0. The van der Waals surface area contributed by atoms with Crippen molar-refractivity contribution in [3.8, 4) is 0 Å². The van der Waals surface area contributed by atoms with Crippen molar-refractivity contribution >= 4 is 0 Å².